The summed E-state index contributed by atoms with van der Waals surface area (Å²) in [5.74, 6) is 1.05. The number of ether oxygens (including phenoxy) is 1. The van der Waals surface area contributed by atoms with E-state index in [4.69, 9.17) is 4.74 Å². The topological polar surface area (TPSA) is 50.4 Å². The second-order valence-corrected chi connectivity index (χ2v) is 7.98. The third kappa shape index (κ3) is 3.79. The van der Waals surface area contributed by atoms with Gasteiger partial charge in [0, 0.05) is 16.1 Å². The van der Waals surface area contributed by atoms with Crippen molar-refractivity contribution in [2.45, 2.75) is 44.5 Å². The molecule has 1 saturated carbocycles. The molecule has 3 unspecified atom stereocenters. The van der Waals surface area contributed by atoms with Crippen molar-refractivity contribution in [3.8, 4) is 5.75 Å². The van der Waals surface area contributed by atoms with E-state index in [0.717, 1.165) is 40.6 Å². The fourth-order valence-electron chi connectivity index (χ4n) is 3.93. The van der Waals surface area contributed by atoms with E-state index >= 15 is 0 Å². The molecule has 0 spiro atoms. The lowest BCUT2D eigenvalue weighted by molar-refractivity contribution is -0.130. The van der Waals surface area contributed by atoms with Gasteiger partial charge in [-0.05, 0) is 36.6 Å². The molecular weight excluding hydrogens is 392 g/mol. The molecule has 3 atom stereocenters. The number of hydrogen-bond donors (Lipinski definition) is 2. The van der Waals surface area contributed by atoms with Crippen LogP contribution in [0.15, 0.2) is 53.0 Å². The van der Waals surface area contributed by atoms with Crippen LogP contribution >= 0.6 is 15.9 Å². The van der Waals surface area contributed by atoms with Gasteiger partial charge in [-0.2, -0.15) is 0 Å². The minimum absolute atomic E-state index is 0.0980. The summed E-state index contributed by atoms with van der Waals surface area (Å²) >= 11 is 3.55. The molecule has 1 aliphatic carbocycles. The molecule has 2 aliphatic rings. The van der Waals surface area contributed by atoms with Crippen molar-refractivity contribution in [3.63, 3.8) is 0 Å². The minimum atomic E-state index is -0.217. The maximum atomic E-state index is 12.6. The first-order valence-electron chi connectivity index (χ1n) is 9.23. The van der Waals surface area contributed by atoms with E-state index in [2.05, 4.69) is 26.6 Å². The monoisotopic (exact) mass is 414 g/mol. The van der Waals surface area contributed by atoms with Crippen LogP contribution in [0.2, 0.25) is 0 Å². The Hall–Kier alpha value is -1.85. The third-order valence-corrected chi connectivity index (χ3v) is 5.78. The number of carbonyl (C=O) groups is 1. The van der Waals surface area contributed by atoms with Gasteiger partial charge in [-0.1, -0.05) is 59.1 Å². The molecule has 4 rings (SSSR count). The van der Waals surface area contributed by atoms with Crippen molar-refractivity contribution in [2.24, 2.45) is 5.92 Å². The molecule has 5 heteroatoms. The second-order valence-electron chi connectivity index (χ2n) is 7.06. The Balaban J connectivity index is 1.55. The highest BCUT2D eigenvalue weighted by atomic mass is 79.9. The highest BCUT2D eigenvalue weighted by Crippen LogP contribution is 2.34. The number of nitrogens with one attached hydrogen (secondary N) is 2. The fourth-order valence-corrected chi connectivity index (χ4v) is 4.31. The van der Waals surface area contributed by atoms with Gasteiger partial charge in [0.2, 0.25) is 5.91 Å². The fraction of sp³-hybridized carbons (Fsp3) is 0.381. The van der Waals surface area contributed by atoms with Crippen molar-refractivity contribution < 1.29 is 9.53 Å². The molecule has 0 radical (unpaired) electrons. The Labute approximate surface area is 162 Å². The van der Waals surface area contributed by atoms with Gasteiger partial charge >= 0.3 is 0 Å². The van der Waals surface area contributed by atoms with E-state index in [0.29, 0.717) is 6.61 Å². The van der Waals surface area contributed by atoms with E-state index in [-0.39, 0.29) is 24.0 Å². The number of carbonyl (C=O) groups excluding carboxylic acids is 1. The van der Waals surface area contributed by atoms with Gasteiger partial charge in [0.1, 0.15) is 18.5 Å². The number of halogens is 1. The van der Waals surface area contributed by atoms with Crippen molar-refractivity contribution in [1.29, 1.82) is 0 Å². The zero-order chi connectivity index (χ0) is 17.9. The quantitative estimate of drug-likeness (QED) is 0.783. The van der Waals surface area contributed by atoms with Gasteiger partial charge in [0.25, 0.3) is 0 Å². The van der Waals surface area contributed by atoms with Crippen LogP contribution in [0, 0.1) is 5.92 Å². The number of rotatable bonds is 4. The third-order valence-electron chi connectivity index (χ3n) is 5.29. The Morgan fingerprint density at radius 2 is 1.88 bits per heavy atom. The first-order chi connectivity index (χ1) is 12.7. The largest absolute Gasteiger partial charge is 0.488 e. The second kappa shape index (κ2) is 7.80. The summed E-state index contributed by atoms with van der Waals surface area (Å²) < 4.78 is 7.06. The standard InChI is InChI=1S/C21H23BrN2O2/c22-15-10-11-19(26-13-14-6-2-1-3-7-14)17(12-15)20-23-18-9-5-4-8-16(18)21(25)24-20/h1-3,6-7,10-12,16,18,20,23H,4-5,8-9,13H2,(H,24,25). The highest BCUT2D eigenvalue weighted by molar-refractivity contribution is 9.10. The van der Waals surface area contributed by atoms with Crippen LogP contribution in [0.5, 0.6) is 5.75 Å². The Morgan fingerprint density at radius 1 is 1.08 bits per heavy atom. The molecule has 1 aliphatic heterocycles. The predicted molar refractivity (Wildman–Crippen MR) is 105 cm³/mol. The normalized spacial score (nSPS) is 25.3. The lowest BCUT2D eigenvalue weighted by Crippen LogP contribution is -2.57. The van der Waals surface area contributed by atoms with Crippen LogP contribution in [0.25, 0.3) is 0 Å². The van der Waals surface area contributed by atoms with Gasteiger partial charge in [-0.3, -0.25) is 10.1 Å². The van der Waals surface area contributed by atoms with Crippen molar-refractivity contribution in [2.75, 3.05) is 0 Å². The first-order valence-corrected chi connectivity index (χ1v) is 10.0. The van der Waals surface area contributed by atoms with Gasteiger partial charge in [-0.15, -0.1) is 0 Å². The molecule has 2 aromatic carbocycles. The molecule has 0 aromatic heterocycles. The zero-order valence-electron chi connectivity index (χ0n) is 14.6. The summed E-state index contributed by atoms with van der Waals surface area (Å²) in [4.78, 5) is 12.6. The molecule has 2 aromatic rings. The summed E-state index contributed by atoms with van der Waals surface area (Å²) in [6.45, 7) is 0.502. The van der Waals surface area contributed by atoms with E-state index in [1.165, 1.54) is 6.42 Å². The van der Waals surface area contributed by atoms with E-state index in [9.17, 15) is 4.79 Å². The molecule has 1 saturated heterocycles. The molecule has 2 N–H and O–H groups in total. The number of fused-ring (bicyclic) bond motifs is 1. The Bertz CT molecular complexity index is 781. The van der Waals surface area contributed by atoms with E-state index in [1.54, 1.807) is 0 Å². The zero-order valence-corrected chi connectivity index (χ0v) is 16.2. The predicted octanol–water partition coefficient (Wildman–Crippen LogP) is 4.30. The summed E-state index contributed by atoms with van der Waals surface area (Å²) in [7, 11) is 0. The molecule has 136 valence electrons. The lowest BCUT2D eigenvalue weighted by Gasteiger charge is -2.40. The maximum Gasteiger partial charge on any atom is 0.226 e. The van der Waals surface area contributed by atoms with Gasteiger partial charge in [0.05, 0.1) is 5.92 Å². The van der Waals surface area contributed by atoms with Crippen molar-refractivity contribution in [3.05, 3.63) is 64.1 Å². The number of amides is 1. The molecule has 1 heterocycles. The Morgan fingerprint density at radius 3 is 2.73 bits per heavy atom. The number of benzene rings is 2. The SMILES string of the molecule is O=C1NC(c2cc(Br)ccc2OCc2ccccc2)NC2CCCCC12. The molecule has 4 nitrogen and oxygen atoms in total. The summed E-state index contributed by atoms with van der Waals surface area (Å²) in [6.07, 6.45) is 4.15. The summed E-state index contributed by atoms with van der Waals surface area (Å²) in [5, 5.41) is 6.78. The average Bonchev–Trinajstić information content (AvgIpc) is 2.68. The van der Waals surface area contributed by atoms with Crippen LogP contribution in [0.4, 0.5) is 0 Å². The average molecular weight is 415 g/mol. The van der Waals surface area contributed by atoms with Crippen LogP contribution in [-0.2, 0) is 11.4 Å². The summed E-state index contributed by atoms with van der Waals surface area (Å²) in [5.41, 5.74) is 2.09. The van der Waals surface area contributed by atoms with Crippen molar-refractivity contribution >= 4 is 21.8 Å². The van der Waals surface area contributed by atoms with Gasteiger partial charge in [0.15, 0.2) is 0 Å². The molecule has 26 heavy (non-hydrogen) atoms. The molecular formula is C21H23BrN2O2. The minimum Gasteiger partial charge on any atom is -0.488 e. The van der Waals surface area contributed by atoms with Crippen LogP contribution in [0.3, 0.4) is 0 Å². The van der Waals surface area contributed by atoms with Gasteiger partial charge < -0.3 is 10.1 Å². The smallest absolute Gasteiger partial charge is 0.226 e. The van der Waals surface area contributed by atoms with Gasteiger partial charge in [-0.25, -0.2) is 0 Å². The van der Waals surface area contributed by atoms with Crippen LogP contribution in [-0.4, -0.2) is 11.9 Å². The van der Waals surface area contributed by atoms with E-state index < -0.39 is 0 Å². The van der Waals surface area contributed by atoms with Crippen LogP contribution in [0.1, 0.15) is 43.0 Å². The highest BCUT2D eigenvalue weighted by Gasteiger charge is 2.38. The van der Waals surface area contributed by atoms with Crippen LogP contribution < -0.4 is 15.4 Å². The van der Waals surface area contributed by atoms with Crippen molar-refractivity contribution in [1.82, 2.24) is 10.6 Å². The molecule has 0 bridgehead atoms. The molecule has 1 amide bonds. The van der Waals surface area contributed by atoms with E-state index in [1.807, 2.05) is 48.5 Å². The summed E-state index contributed by atoms with van der Waals surface area (Å²) in [6, 6.07) is 16.3. The maximum absolute atomic E-state index is 12.6. The Kier molecular flexibility index (Phi) is 5.27. The first kappa shape index (κ1) is 17.6. The number of hydrogen-bond acceptors (Lipinski definition) is 3. The molecule has 2 fully saturated rings. The lowest BCUT2D eigenvalue weighted by atomic mass is 9.82.